The molecule has 0 unspecified atom stereocenters. The number of methoxy groups -OCH3 is 1. The van der Waals surface area contributed by atoms with Crippen LogP contribution in [0.2, 0.25) is 5.15 Å². The molecule has 0 bridgehead atoms. The Morgan fingerprint density at radius 2 is 1.86 bits per heavy atom. The molecule has 0 aliphatic rings. The largest absolute Gasteiger partial charge is 0.481 e. The molecule has 0 saturated heterocycles. The summed E-state index contributed by atoms with van der Waals surface area (Å²) in [6, 6.07) is 12.2. The first kappa shape index (κ1) is 28.6. The SMILES string of the molecule is CNCc1cn(S(=O)(=O)c2cccc(C(F)(F)F)c2)c2cc(N(C)c3ccc(OC)nc3Cl)ccc12.Cl. The number of hydrogen-bond donors (Lipinski definition) is 1. The van der Waals surface area contributed by atoms with Gasteiger partial charge >= 0.3 is 6.18 Å². The van der Waals surface area contributed by atoms with E-state index in [1.54, 1.807) is 49.3 Å². The molecule has 1 N–H and O–H groups in total. The van der Waals surface area contributed by atoms with E-state index in [0.29, 0.717) is 46.3 Å². The van der Waals surface area contributed by atoms with Gasteiger partial charge in [0.2, 0.25) is 5.88 Å². The van der Waals surface area contributed by atoms with Crippen LogP contribution in [-0.2, 0) is 22.7 Å². The van der Waals surface area contributed by atoms with Gasteiger partial charge in [0.15, 0.2) is 5.15 Å². The minimum absolute atomic E-state index is 0. The van der Waals surface area contributed by atoms with Crippen LogP contribution in [0.4, 0.5) is 24.5 Å². The zero-order valence-electron chi connectivity index (χ0n) is 19.9. The molecule has 2 aromatic heterocycles. The van der Waals surface area contributed by atoms with Gasteiger partial charge in [-0.1, -0.05) is 23.7 Å². The van der Waals surface area contributed by atoms with Crippen molar-refractivity contribution < 1.29 is 26.3 Å². The number of halogens is 5. The van der Waals surface area contributed by atoms with Gasteiger partial charge in [-0.2, -0.15) is 18.2 Å². The third-order valence-corrected chi connectivity index (χ3v) is 7.63. The molecule has 0 aliphatic carbocycles. The molecule has 0 atom stereocenters. The smallest absolute Gasteiger partial charge is 0.416 e. The molecule has 7 nitrogen and oxygen atoms in total. The molecule has 4 rings (SSSR count). The van der Waals surface area contributed by atoms with Crippen molar-refractivity contribution in [2.75, 3.05) is 26.1 Å². The Bertz CT molecular complexity index is 1540. The highest BCUT2D eigenvalue weighted by molar-refractivity contribution is 7.90. The standard InChI is InChI=1S/C24H22ClF3N4O3S.ClH/c1-29-13-15-14-32(36(33,34)18-6-4-5-16(11-18)24(26,27)28)21-12-17(7-8-19(15)21)31(2)20-9-10-22(35-3)30-23(20)25;/h4-12,14,29H,13H2,1-3H3;1H. The number of hydrogen-bond acceptors (Lipinski definition) is 6. The van der Waals surface area contributed by atoms with Crippen LogP contribution in [0.15, 0.2) is 65.7 Å². The molecule has 0 aliphatic heterocycles. The molecule has 37 heavy (non-hydrogen) atoms. The fraction of sp³-hybridized carbons (Fsp3) is 0.208. The van der Waals surface area contributed by atoms with Gasteiger partial charge in [0.1, 0.15) is 0 Å². The Morgan fingerprint density at radius 1 is 1.14 bits per heavy atom. The zero-order valence-corrected chi connectivity index (χ0v) is 22.3. The summed E-state index contributed by atoms with van der Waals surface area (Å²) in [6.45, 7) is 0.352. The van der Waals surface area contributed by atoms with Crippen molar-refractivity contribution in [3.05, 3.63) is 77.1 Å². The number of aromatic nitrogens is 2. The van der Waals surface area contributed by atoms with Crippen molar-refractivity contribution in [1.82, 2.24) is 14.3 Å². The molecular weight excluding hydrogens is 552 g/mol. The second kappa shape index (κ2) is 10.8. The summed E-state index contributed by atoms with van der Waals surface area (Å²) in [5.41, 5.74) is 1.07. The quantitative estimate of drug-likeness (QED) is 0.278. The molecule has 0 amide bonds. The Kier molecular flexibility index (Phi) is 8.33. The Labute approximate surface area is 223 Å². The Hall–Kier alpha value is -2.99. The summed E-state index contributed by atoms with van der Waals surface area (Å²) in [5.74, 6) is 0.338. The van der Waals surface area contributed by atoms with Crippen LogP contribution >= 0.6 is 24.0 Å². The number of rotatable bonds is 7. The molecule has 2 heterocycles. The van der Waals surface area contributed by atoms with Crippen molar-refractivity contribution in [3.8, 4) is 5.88 Å². The first-order chi connectivity index (χ1) is 17.0. The predicted octanol–water partition coefficient (Wildman–Crippen LogP) is 5.86. The summed E-state index contributed by atoms with van der Waals surface area (Å²) >= 11 is 6.32. The summed E-state index contributed by atoms with van der Waals surface area (Å²) in [5, 5.41) is 3.80. The molecule has 0 fully saturated rings. The lowest BCUT2D eigenvalue weighted by Gasteiger charge is -2.21. The number of nitrogens with one attached hydrogen (secondary N) is 1. The van der Waals surface area contributed by atoms with Crippen molar-refractivity contribution in [3.63, 3.8) is 0 Å². The number of ether oxygens (including phenoxy) is 1. The summed E-state index contributed by atoms with van der Waals surface area (Å²) in [6.07, 6.45) is -3.26. The number of fused-ring (bicyclic) bond motifs is 1. The number of alkyl halides is 3. The monoisotopic (exact) mass is 574 g/mol. The van der Waals surface area contributed by atoms with E-state index in [2.05, 4.69) is 10.3 Å². The van der Waals surface area contributed by atoms with Gasteiger partial charge < -0.3 is 15.0 Å². The highest BCUT2D eigenvalue weighted by Gasteiger charge is 2.32. The van der Waals surface area contributed by atoms with Crippen molar-refractivity contribution in [2.45, 2.75) is 17.6 Å². The van der Waals surface area contributed by atoms with E-state index in [0.717, 1.165) is 22.2 Å². The van der Waals surface area contributed by atoms with E-state index in [1.165, 1.54) is 13.3 Å². The maximum Gasteiger partial charge on any atom is 0.416 e. The highest BCUT2D eigenvalue weighted by atomic mass is 35.5. The molecule has 13 heteroatoms. The fourth-order valence-electron chi connectivity index (χ4n) is 3.85. The number of nitrogens with zero attached hydrogens (tertiary/aromatic N) is 3. The topological polar surface area (TPSA) is 76.5 Å². The van der Waals surface area contributed by atoms with Gasteiger partial charge in [0.05, 0.1) is 28.8 Å². The van der Waals surface area contributed by atoms with E-state index >= 15 is 0 Å². The average molecular weight is 575 g/mol. The van der Waals surface area contributed by atoms with Crippen LogP contribution in [0.1, 0.15) is 11.1 Å². The highest BCUT2D eigenvalue weighted by Crippen LogP contribution is 2.36. The van der Waals surface area contributed by atoms with E-state index in [-0.39, 0.29) is 17.6 Å². The predicted molar refractivity (Wildman–Crippen MR) is 140 cm³/mol. The van der Waals surface area contributed by atoms with Crippen molar-refractivity contribution in [1.29, 1.82) is 0 Å². The minimum atomic E-state index is -4.68. The molecular formula is C24H23Cl2F3N4O3S. The lowest BCUT2D eigenvalue weighted by atomic mass is 10.1. The van der Waals surface area contributed by atoms with E-state index in [4.69, 9.17) is 16.3 Å². The van der Waals surface area contributed by atoms with Crippen molar-refractivity contribution in [2.24, 2.45) is 0 Å². The van der Waals surface area contributed by atoms with Crippen LogP contribution < -0.4 is 15.0 Å². The van der Waals surface area contributed by atoms with Crippen LogP contribution in [0.25, 0.3) is 10.9 Å². The summed E-state index contributed by atoms with van der Waals surface area (Å²) < 4.78 is 72.9. The Balaban J connectivity index is 0.00000380. The minimum Gasteiger partial charge on any atom is -0.481 e. The second-order valence-corrected chi connectivity index (χ2v) is 10.1. The molecule has 4 aromatic rings. The van der Waals surface area contributed by atoms with E-state index in [1.807, 2.05) is 0 Å². The second-order valence-electron chi connectivity index (χ2n) is 7.94. The molecule has 2 aromatic carbocycles. The van der Waals surface area contributed by atoms with Gasteiger partial charge in [-0.05, 0) is 49.0 Å². The van der Waals surface area contributed by atoms with Gasteiger partial charge in [-0.3, -0.25) is 0 Å². The Morgan fingerprint density at radius 3 is 2.49 bits per heavy atom. The zero-order chi connectivity index (χ0) is 26.3. The maximum absolute atomic E-state index is 13.5. The third kappa shape index (κ3) is 5.49. The van der Waals surface area contributed by atoms with Gasteiger partial charge in [-0.25, -0.2) is 12.4 Å². The van der Waals surface area contributed by atoms with Gasteiger partial charge in [-0.15, -0.1) is 12.4 Å². The maximum atomic E-state index is 13.5. The summed E-state index contributed by atoms with van der Waals surface area (Å²) in [4.78, 5) is 5.41. The number of benzene rings is 2. The van der Waals surface area contributed by atoms with Gasteiger partial charge in [0, 0.05) is 36.9 Å². The third-order valence-electron chi connectivity index (χ3n) is 5.68. The average Bonchev–Trinajstić information content (AvgIpc) is 3.22. The van der Waals surface area contributed by atoms with Crippen LogP contribution in [0.3, 0.4) is 0 Å². The van der Waals surface area contributed by atoms with Crippen LogP contribution in [-0.4, -0.2) is 38.6 Å². The number of pyridine rings is 1. The lowest BCUT2D eigenvalue weighted by Crippen LogP contribution is -2.14. The fourth-order valence-corrected chi connectivity index (χ4v) is 5.56. The molecule has 198 valence electrons. The van der Waals surface area contributed by atoms with E-state index < -0.39 is 26.7 Å². The van der Waals surface area contributed by atoms with E-state index in [9.17, 15) is 21.6 Å². The first-order valence-electron chi connectivity index (χ1n) is 10.6. The lowest BCUT2D eigenvalue weighted by molar-refractivity contribution is -0.137. The van der Waals surface area contributed by atoms with Crippen LogP contribution in [0, 0.1) is 0 Å². The summed E-state index contributed by atoms with van der Waals surface area (Å²) in [7, 11) is 0.565. The molecule has 0 saturated carbocycles. The first-order valence-corrected chi connectivity index (χ1v) is 12.4. The van der Waals surface area contributed by atoms with Crippen LogP contribution in [0.5, 0.6) is 5.88 Å². The number of anilines is 2. The molecule has 0 radical (unpaired) electrons. The normalized spacial score (nSPS) is 11.9. The van der Waals surface area contributed by atoms with Gasteiger partial charge in [0.25, 0.3) is 10.0 Å². The van der Waals surface area contributed by atoms with Crippen molar-refractivity contribution >= 4 is 56.3 Å². The molecule has 0 spiro atoms.